The molecule has 0 aliphatic carbocycles. The van der Waals surface area contributed by atoms with Crippen molar-refractivity contribution >= 4 is 35.4 Å². The van der Waals surface area contributed by atoms with Crippen LogP contribution in [0.4, 0.5) is 0 Å². The van der Waals surface area contributed by atoms with Crippen LogP contribution in [0.25, 0.3) is 0 Å². The first-order valence-electron chi connectivity index (χ1n) is 7.12. The normalized spacial score (nSPS) is 11.1. The molecule has 2 aromatic rings. The van der Waals surface area contributed by atoms with Crippen molar-refractivity contribution in [3.05, 3.63) is 69.2 Å². The van der Waals surface area contributed by atoms with Gasteiger partial charge in [0, 0.05) is 23.1 Å². The molecular formula is C18H17Cl2NO2. The van der Waals surface area contributed by atoms with Crippen LogP contribution in [0.15, 0.2) is 42.5 Å². The van der Waals surface area contributed by atoms with E-state index in [-0.39, 0.29) is 11.3 Å². The van der Waals surface area contributed by atoms with Gasteiger partial charge >= 0.3 is 0 Å². The number of hydrogen-bond donors (Lipinski definition) is 1. The lowest BCUT2D eigenvalue weighted by atomic mass is 9.84. The summed E-state index contributed by atoms with van der Waals surface area (Å²) in [5.74, 6) is -0.185. The van der Waals surface area contributed by atoms with E-state index in [1.807, 2.05) is 26.0 Å². The van der Waals surface area contributed by atoms with E-state index in [1.54, 1.807) is 30.3 Å². The lowest BCUT2D eigenvalue weighted by molar-refractivity contribution is 0.0945. The van der Waals surface area contributed by atoms with Crippen LogP contribution in [0.3, 0.4) is 0 Å². The second-order valence-electron chi connectivity index (χ2n) is 5.94. The maximum atomic E-state index is 12.2. The molecule has 0 spiro atoms. The number of halogens is 2. The van der Waals surface area contributed by atoms with Crippen molar-refractivity contribution in [3.63, 3.8) is 0 Å². The Kier molecular flexibility index (Phi) is 5.45. The predicted molar refractivity (Wildman–Crippen MR) is 93.7 cm³/mol. The highest BCUT2D eigenvalue weighted by atomic mass is 35.5. The molecule has 3 nitrogen and oxygen atoms in total. The Bertz CT molecular complexity index is 724. The molecular weight excluding hydrogens is 333 g/mol. The molecule has 0 unspecified atom stereocenters. The van der Waals surface area contributed by atoms with Gasteiger partial charge in [0.1, 0.15) is 6.29 Å². The Morgan fingerprint density at radius 3 is 2.30 bits per heavy atom. The molecule has 2 rings (SSSR count). The third kappa shape index (κ3) is 4.34. The number of aldehydes is 1. The minimum atomic E-state index is -0.299. The zero-order chi connectivity index (χ0) is 17.0. The molecule has 5 heteroatoms. The Hall–Kier alpha value is -1.84. The number of rotatable bonds is 5. The number of amides is 1. The fourth-order valence-corrected chi connectivity index (χ4v) is 2.43. The summed E-state index contributed by atoms with van der Waals surface area (Å²) >= 11 is 12.0. The fraction of sp³-hybridized carbons (Fsp3) is 0.222. The molecule has 0 atom stereocenters. The van der Waals surface area contributed by atoms with Gasteiger partial charge in [0.05, 0.1) is 10.0 Å². The van der Waals surface area contributed by atoms with E-state index in [0.717, 1.165) is 11.8 Å². The first-order chi connectivity index (χ1) is 10.8. The average molecular weight is 350 g/mol. The van der Waals surface area contributed by atoms with Gasteiger partial charge in [-0.3, -0.25) is 9.59 Å². The van der Waals surface area contributed by atoms with E-state index in [1.165, 1.54) is 0 Å². The number of carbonyl (C=O) groups is 2. The summed E-state index contributed by atoms with van der Waals surface area (Å²) in [5.41, 5.74) is 1.74. The quantitative estimate of drug-likeness (QED) is 0.807. The monoisotopic (exact) mass is 349 g/mol. The van der Waals surface area contributed by atoms with Crippen LogP contribution in [0.2, 0.25) is 10.0 Å². The van der Waals surface area contributed by atoms with Gasteiger partial charge in [-0.05, 0) is 29.8 Å². The highest BCUT2D eigenvalue weighted by Crippen LogP contribution is 2.29. The van der Waals surface area contributed by atoms with Crippen molar-refractivity contribution in [2.45, 2.75) is 19.3 Å². The maximum Gasteiger partial charge on any atom is 0.251 e. The summed E-state index contributed by atoms with van der Waals surface area (Å²) < 4.78 is 0. The Morgan fingerprint density at radius 1 is 1.09 bits per heavy atom. The Balaban J connectivity index is 2.06. The van der Waals surface area contributed by atoms with E-state index < -0.39 is 0 Å². The van der Waals surface area contributed by atoms with Crippen LogP contribution in [-0.2, 0) is 5.41 Å². The van der Waals surface area contributed by atoms with Gasteiger partial charge in [-0.15, -0.1) is 0 Å². The van der Waals surface area contributed by atoms with Gasteiger partial charge < -0.3 is 5.32 Å². The average Bonchev–Trinajstić information content (AvgIpc) is 2.55. The zero-order valence-corrected chi connectivity index (χ0v) is 14.4. The Morgan fingerprint density at radius 2 is 1.74 bits per heavy atom. The molecule has 23 heavy (non-hydrogen) atoms. The van der Waals surface area contributed by atoms with Gasteiger partial charge in [0.15, 0.2) is 0 Å². The molecule has 0 fully saturated rings. The van der Waals surface area contributed by atoms with Crippen LogP contribution in [0.5, 0.6) is 0 Å². The fourth-order valence-electron chi connectivity index (χ4n) is 2.14. The summed E-state index contributed by atoms with van der Waals surface area (Å²) in [6.45, 7) is 4.48. The lowest BCUT2D eigenvalue weighted by Crippen LogP contribution is -2.36. The summed E-state index contributed by atoms with van der Waals surface area (Å²) in [6.07, 6.45) is 0.745. The summed E-state index contributed by atoms with van der Waals surface area (Å²) in [5, 5.41) is 3.90. The molecule has 1 amide bonds. The van der Waals surface area contributed by atoms with Crippen LogP contribution in [-0.4, -0.2) is 18.7 Å². The highest BCUT2D eigenvalue weighted by Gasteiger charge is 2.22. The van der Waals surface area contributed by atoms with Crippen LogP contribution >= 0.6 is 23.2 Å². The largest absolute Gasteiger partial charge is 0.351 e. The molecule has 0 aliphatic rings. The van der Waals surface area contributed by atoms with E-state index >= 15 is 0 Å². The van der Waals surface area contributed by atoms with Gasteiger partial charge in [0.2, 0.25) is 0 Å². The van der Waals surface area contributed by atoms with E-state index in [9.17, 15) is 9.59 Å². The standard InChI is InChI=1S/C18H17Cl2NO2/c1-18(2,14-7-8-15(19)16(20)9-14)11-21-17(23)13-5-3-12(10-22)4-6-13/h3-10H,11H2,1-2H3,(H,21,23). The summed E-state index contributed by atoms with van der Waals surface area (Å²) in [7, 11) is 0. The number of hydrogen-bond acceptors (Lipinski definition) is 2. The van der Waals surface area contributed by atoms with Crippen molar-refractivity contribution in [3.8, 4) is 0 Å². The third-order valence-corrected chi connectivity index (χ3v) is 4.44. The van der Waals surface area contributed by atoms with Crippen molar-refractivity contribution < 1.29 is 9.59 Å². The molecule has 0 heterocycles. The molecule has 0 saturated heterocycles. The van der Waals surface area contributed by atoms with Crippen molar-refractivity contribution in [2.24, 2.45) is 0 Å². The summed E-state index contributed by atoms with van der Waals surface area (Å²) in [6, 6.07) is 12.0. The molecule has 0 radical (unpaired) electrons. The van der Waals surface area contributed by atoms with Crippen LogP contribution in [0.1, 0.15) is 40.1 Å². The first kappa shape index (κ1) is 17.5. The Labute approximate surface area is 145 Å². The number of benzene rings is 2. The molecule has 0 saturated carbocycles. The van der Waals surface area contributed by atoms with E-state index in [4.69, 9.17) is 23.2 Å². The maximum absolute atomic E-state index is 12.2. The highest BCUT2D eigenvalue weighted by molar-refractivity contribution is 6.42. The smallest absolute Gasteiger partial charge is 0.251 e. The topological polar surface area (TPSA) is 46.2 Å². The van der Waals surface area contributed by atoms with Gasteiger partial charge in [-0.25, -0.2) is 0 Å². The van der Waals surface area contributed by atoms with Gasteiger partial charge in [-0.1, -0.05) is 55.2 Å². The lowest BCUT2D eigenvalue weighted by Gasteiger charge is -2.26. The second kappa shape index (κ2) is 7.16. The minimum absolute atomic E-state index is 0.185. The van der Waals surface area contributed by atoms with Gasteiger partial charge in [0.25, 0.3) is 5.91 Å². The third-order valence-electron chi connectivity index (χ3n) is 3.70. The molecule has 120 valence electrons. The van der Waals surface area contributed by atoms with E-state index in [2.05, 4.69) is 5.32 Å². The van der Waals surface area contributed by atoms with Gasteiger partial charge in [-0.2, -0.15) is 0 Å². The van der Waals surface area contributed by atoms with E-state index in [0.29, 0.717) is 27.7 Å². The number of nitrogens with one attached hydrogen (secondary N) is 1. The molecule has 2 aromatic carbocycles. The molecule has 0 aliphatic heterocycles. The SMILES string of the molecule is CC(C)(CNC(=O)c1ccc(C=O)cc1)c1ccc(Cl)c(Cl)c1. The van der Waals surface area contributed by atoms with Crippen molar-refractivity contribution in [1.82, 2.24) is 5.32 Å². The zero-order valence-electron chi connectivity index (χ0n) is 12.9. The van der Waals surface area contributed by atoms with Crippen LogP contribution < -0.4 is 5.32 Å². The molecule has 0 aromatic heterocycles. The van der Waals surface area contributed by atoms with Crippen molar-refractivity contribution in [1.29, 1.82) is 0 Å². The second-order valence-corrected chi connectivity index (χ2v) is 6.75. The predicted octanol–water partition coefficient (Wildman–Crippen LogP) is 4.51. The molecule has 0 bridgehead atoms. The minimum Gasteiger partial charge on any atom is -0.351 e. The summed E-state index contributed by atoms with van der Waals surface area (Å²) in [4.78, 5) is 22.8. The van der Waals surface area contributed by atoms with Crippen LogP contribution in [0, 0.1) is 0 Å². The first-order valence-corrected chi connectivity index (χ1v) is 7.88. The number of carbonyl (C=O) groups excluding carboxylic acids is 2. The van der Waals surface area contributed by atoms with Crippen molar-refractivity contribution in [2.75, 3.05) is 6.54 Å². The molecule has 1 N–H and O–H groups in total.